The van der Waals surface area contributed by atoms with Crippen LogP contribution in [-0.4, -0.2) is 30.1 Å². The van der Waals surface area contributed by atoms with Crippen LogP contribution in [0.1, 0.15) is 30.9 Å². The second-order valence-corrected chi connectivity index (χ2v) is 6.48. The van der Waals surface area contributed by atoms with E-state index in [4.69, 9.17) is 9.47 Å². The van der Waals surface area contributed by atoms with Crippen LogP contribution in [0.3, 0.4) is 0 Å². The van der Waals surface area contributed by atoms with Gasteiger partial charge in [-0.3, -0.25) is 4.79 Å². The highest BCUT2D eigenvalue weighted by atomic mass is 16.6. The number of carbonyl (C=O) groups excluding carboxylic acids is 2. The number of benzene rings is 2. The van der Waals surface area contributed by atoms with Gasteiger partial charge in [0.05, 0.1) is 0 Å². The van der Waals surface area contributed by atoms with E-state index >= 15 is 0 Å². The van der Waals surface area contributed by atoms with Crippen molar-refractivity contribution < 1.29 is 19.1 Å². The SMILES string of the molecule is CC(=O)OC1(c2ccccc2)CCN(C(=O)OCc2ccccc2)CC1. The molecule has 0 spiro atoms. The number of amides is 1. The molecular weight excluding hydrogens is 330 g/mol. The molecule has 2 aromatic rings. The summed E-state index contributed by atoms with van der Waals surface area (Å²) in [7, 11) is 0. The van der Waals surface area contributed by atoms with Crippen molar-refractivity contribution in [3.63, 3.8) is 0 Å². The summed E-state index contributed by atoms with van der Waals surface area (Å²) in [6.07, 6.45) is 0.770. The summed E-state index contributed by atoms with van der Waals surface area (Å²) in [5.41, 5.74) is 1.24. The summed E-state index contributed by atoms with van der Waals surface area (Å²) >= 11 is 0. The molecule has 136 valence electrons. The molecule has 0 radical (unpaired) electrons. The number of hydrogen-bond donors (Lipinski definition) is 0. The summed E-state index contributed by atoms with van der Waals surface area (Å²) < 4.78 is 11.1. The molecule has 3 rings (SSSR count). The Hall–Kier alpha value is -2.82. The molecule has 0 saturated carbocycles. The summed E-state index contributed by atoms with van der Waals surface area (Å²) in [6, 6.07) is 19.3. The third-order valence-corrected chi connectivity index (χ3v) is 4.67. The molecule has 0 N–H and O–H groups in total. The van der Waals surface area contributed by atoms with Crippen LogP contribution in [0.2, 0.25) is 0 Å². The molecule has 1 saturated heterocycles. The van der Waals surface area contributed by atoms with Crippen LogP contribution in [0.15, 0.2) is 60.7 Å². The molecule has 5 heteroatoms. The van der Waals surface area contributed by atoms with E-state index in [9.17, 15) is 9.59 Å². The largest absolute Gasteiger partial charge is 0.454 e. The molecule has 0 bridgehead atoms. The van der Waals surface area contributed by atoms with Gasteiger partial charge < -0.3 is 14.4 Å². The molecule has 0 aliphatic carbocycles. The summed E-state index contributed by atoms with van der Waals surface area (Å²) in [5.74, 6) is -0.311. The van der Waals surface area contributed by atoms with Gasteiger partial charge in [-0.15, -0.1) is 0 Å². The van der Waals surface area contributed by atoms with Crippen molar-refractivity contribution in [3.8, 4) is 0 Å². The van der Waals surface area contributed by atoms with E-state index in [2.05, 4.69) is 0 Å². The third kappa shape index (κ3) is 4.23. The zero-order valence-electron chi connectivity index (χ0n) is 14.9. The third-order valence-electron chi connectivity index (χ3n) is 4.67. The van der Waals surface area contributed by atoms with Crippen molar-refractivity contribution >= 4 is 12.1 Å². The lowest BCUT2D eigenvalue weighted by atomic mass is 9.84. The molecule has 1 aliphatic rings. The van der Waals surface area contributed by atoms with E-state index in [1.807, 2.05) is 60.7 Å². The van der Waals surface area contributed by atoms with Gasteiger partial charge in [0.1, 0.15) is 12.2 Å². The first-order chi connectivity index (χ1) is 12.6. The lowest BCUT2D eigenvalue weighted by Gasteiger charge is -2.40. The number of nitrogens with zero attached hydrogens (tertiary/aromatic N) is 1. The van der Waals surface area contributed by atoms with Crippen LogP contribution in [-0.2, 0) is 26.5 Å². The number of hydrogen-bond acceptors (Lipinski definition) is 4. The fraction of sp³-hybridized carbons (Fsp3) is 0.333. The van der Waals surface area contributed by atoms with E-state index in [-0.39, 0.29) is 18.7 Å². The maximum absolute atomic E-state index is 12.3. The van der Waals surface area contributed by atoms with E-state index in [0.717, 1.165) is 11.1 Å². The molecule has 5 nitrogen and oxygen atoms in total. The van der Waals surface area contributed by atoms with Crippen LogP contribution in [0.25, 0.3) is 0 Å². The normalized spacial score (nSPS) is 16.0. The van der Waals surface area contributed by atoms with Crippen LogP contribution < -0.4 is 0 Å². The minimum Gasteiger partial charge on any atom is -0.454 e. The smallest absolute Gasteiger partial charge is 0.410 e. The zero-order valence-corrected chi connectivity index (χ0v) is 14.9. The van der Waals surface area contributed by atoms with Crippen LogP contribution >= 0.6 is 0 Å². The topological polar surface area (TPSA) is 55.8 Å². The molecule has 0 atom stereocenters. The summed E-state index contributed by atoms with van der Waals surface area (Å²) in [5, 5.41) is 0. The molecule has 1 heterocycles. The van der Waals surface area contributed by atoms with Crippen molar-refractivity contribution in [2.45, 2.75) is 32.0 Å². The first-order valence-corrected chi connectivity index (χ1v) is 8.80. The average molecular weight is 353 g/mol. The van der Waals surface area contributed by atoms with Crippen molar-refractivity contribution in [3.05, 3.63) is 71.8 Å². The predicted octanol–water partition coefficient (Wildman–Crippen LogP) is 3.88. The zero-order chi connectivity index (χ0) is 18.4. The quantitative estimate of drug-likeness (QED) is 0.783. The van der Waals surface area contributed by atoms with Crippen molar-refractivity contribution in [2.24, 2.45) is 0 Å². The van der Waals surface area contributed by atoms with Crippen LogP contribution in [0, 0.1) is 0 Å². The van der Waals surface area contributed by atoms with Crippen molar-refractivity contribution in [1.82, 2.24) is 4.90 Å². The number of likely N-dealkylation sites (tertiary alicyclic amines) is 1. The number of carbonyl (C=O) groups is 2. The molecule has 2 aromatic carbocycles. The Labute approximate surface area is 153 Å². The van der Waals surface area contributed by atoms with E-state index < -0.39 is 5.60 Å². The van der Waals surface area contributed by atoms with E-state index in [1.165, 1.54) is 6.92 Å². The maximum Gasteiger partial charge on any atom is 0.410 e. The highest BCUT2D eigenvalue weighted by molar-refractivity contribution is 5.68. The number of piperidine rings is 1. The second kappa shape index (κ2) is 8.04. The highest BCUT2D eigenvalue weighted by Crippen LogP contribution is 2.37. The lowest BCUT2D eigenvalue weighted by molar-refractivity contribution is -0.163. The van der Waals surface area contributed by atoms with Gasteiger partial charge in [-0.2, -0.15) is 0 Å². The van der Waals surface area contributed by atoms with Gasteiger partial charge in [0.25, 0.3) is 0 Å². The van der Waals surface area contributed by atoms with Gasteiger partial charge in [-0.05, 0) is 11.1 Å². The van der Waals surface area contributed by atoms with Gasteiger partial charge in [-0.25, -0.2) is 4.79 Å². The Bertz CT molecular complexity index is 737. The van der Waals surface area contributed by atoms with Gasteiger partial charge in [-0.1, -0.05) is 60.7 Å². The first kappa shape index (κ1) is 18.0. The molecule has 1 amide bonds. The molecule has 1 aliphatic heterocycles. The Balaban J connectivity index is 1.62. The van der Waals surface area contributed by atoms with Gasteiger partial charge in [0, 0.05) is 32.9 Å². The van der Waals surface area contributed by atoms with E-state index in [1.54, 1.807) is 4.90 Å². The summed E-state index contributed by atoms with van der Waals surface area (Å²) in [4.78, 5) is 25.6. The predicted molar refractivity (Wildman–Crippen MR) is 97.3 cm³/mol. The Morgan fingerprint density at radius 1 is 0.962 bits per heavy atom. The van der Waals surface area contributed by atoms with Crippen LogP contribution in [0.4, 0.5) is 4.79 Å². The number of rotatable bonds is 4. The van der Waals surface area contributed by atoms with Crippen LogP contribution in [0.5, 0.6) is 0 Å². The number of ether oxygens (including phenoxy) is 2. The first-order valence-electron chi connectivity index (χ1n) is 8.80. The van der Waals surface area contributed by atoms with Gasteiger partial charge >= 0.3 is 12.1 Å². The lowest BCUT2D eigenvalue weighted by Crippen LogP contribution is -2.47. The fourth-order valence-electron chi connectivity index (χ4n) is 3.33. The molecule has 0 unspecified atom stereocenters. The van der Waals surface area contributed by atoms with Gasteiger partial charge in [0.2, 0.25) is 0 Å². The summed E-state index contributed by atoms with van der Waals surface area (Å²) in [6.45, 7) is 2.64. The van der Waals surface area contributed by atoms with Crippen molar-refractivity contribution in [2.75, 3.05) is 13.1 Å². The molecule has 26 heavy (non-hydrogen) atoms. The molecule has 0 aromatic heterocycles. The number of esters is 1. The van der Waals surface area contributed by atoms with E-state index in [0.29, 0.717) is 25.9 Å². The Morgan fingerprint density at radius 2 is 1.54 bits per heavy atom. The standard InChI is InChI=1S/C21H23NO4/c1-17(23)26-21(19-10-6-3-7-11-19)12-14-22(15-13-21)20(24)25-16-18-8-4-2-5-9-18/h2-11H,12-16H2,1H3. The molecule has 1 fully saturated rings. The monoisotopic (exact) mass is 353 g/mol. The fourth-order valence-corrected chi connectivity index (χ4v) is 3.33. The average Bonchev–Trinajstić information content (AvgIpc) is 2.68. The highest BCUT2D eigenvalue weighted by Gasteiger charge is 2.40. The molecular formula is C21H23NO4. The minimum absolute atomic E-state index is 0.254. The minimum atomic E-state index is -0.677. The maximum atomic E-state index is 12.3. The second-order valence-electron chi connectivity index (χ2n) is 6.48. The van der Waals surface area contributed by atoms with Crippen molar-refractivity contribution in [1.29, 1.82) is 0 Å². The van der Waals surface area contributed by atoms with Gasteiger partial charge in [0.15, 0.2) is 0 Å². The Morgan fingerprint density at radius 3 is 2.12 bits per heavy atom. The Kier molecular flexibility index (Phi) is 5.56.